The fraction of sp³-hybridized carbons (Fsp3) is 0.526. The van der Waals surface area contributed by atoms with Gasteiger partial charge in [0.25, 0.3) is 0 Å². The summed E-state index contributed by atoms with van der Waals surface area (Å²) in [5.74, 6) is 1.03. The summed E-state index contributed by atoms with van der Waals surface area (Å²) in [6, 6.07) is 0.404. The van der Waals surface area contributed by atoms with Crippen LogP contribution in [0.3, 0.4) is 0 Å². The van der Waals surface area contributed by atoms with Crippen LogP contribution in [-0.2, 0) is 19.9 Å². The van der Waals surface area contributed by atoms with Gasteiger partial charge in [-0.25, -0.2) is 9.97 Å². The van der Waals surface area contributed by atoms with Gasteiger partial charge in [0.1, 0.15) is 17.0 Å². The predicted molar refractivity (Wildman–Crippen MR) is 106 cm³/mol. The molecule has 6 nitrogen and oxygen atoms in total. The van der Waals surface area contributed by atoms with E-state index in [0.29, 0.717) is 6.04 Å². The van der Waals surface area contributed by atoms with E-state index >= 15 is 0 Å². The van der Waals surface area contributed by atoms with Crippen LogP contribution in [0.4, 0.5) is 11.5 Å². The van der Waals surface area contributed by atoms with Crippen molar-refractivity contribution in [3.8, 4) is 0 Å². The van der Waals surface area contributed by atoms with Gasteiger partial charge in [0.05, 0.1) is 17.3 Å². The first kappa shape index (κ1) is 16.1. The van der Waals surface area contributed by atoms with Crippen LogP contribution in [0, 0.1) is 0 Å². The monoisotopic (exact) mass is 368 g/mol. The molecule has 0 spiro atoms. The van der Waals surface area contributed by atoms with E-state index in [1.165, 1.54) is 60.0 Å². The van der Waals surface area contributed by atoms with Gasteiger partial charge >= 0.3 is 0 Å². The Morgan fingerprint density at radius 3 is 3.00 bits per heavy atom. The van der Waals surface area contributed by atoms with Crippen LogP contribution in [0.25, 0.3) is 10.2 Å². The quantitative estimate of drug-likeness (QED) is 0.768. The maximum absolute atomic E-state index is 4.63. The summed E-state index contributed by atoms with van der Waals surface area (Å²) < 4.78 is 1.87. The second-order valence-corrected chi connectivity index (χ2v) is 8.50. The van der Waals surface area contributed by atoms with Gasteiger partial charge in [-0.3, -0.25) is 4.68 Å². The highest BCUT2D eigenvalue weighted by atomic mass is 32.1. The number of aromatic nitrogens is 4. The number of aryl methyl sites for hydroxylation is 3. The number of thiophene rings is 1. The average Bonchev–Trinajstić information content (AvgIpc) is 3.26. The summed E-state index contributed by atoms with van der Waals surface area (Å²) >= 11 is 1.86. The van der Waals surface area contributed by atoms with Gasteiger partial charge < -0.3 is 10.2 Å². The van der Waals surface area contributed by atoms with Crippen LogP contribution in [0.5, 0.6) is 0 Å². The maximum atomic E-state index is 4.63. The maximum Gasteiger partial charge on any atom is 0.138 e. The van der Waals surface area contributed by atoms with Crippen molar-refractivity contribution in [2.24, 2.45) is 7.05 Å². The Hall–Kier alpha value is -2.15. The lowest BCUT2D eigenvalue weighted by Gasteiger charge is -2.34. The molecule has 7 heteroatoms. The highest BCUT2D eigenvalue weighted by Crippen LogP contribution is 2.38. The highest BCUT2D eigenvalue weighted by molar-refractivity contribution is 7.19. The molecule has 0 saturated carbocycles. The molecule has 1 N–H and O–H groups in total. The van der Waals surface area contributed by atoms with E-state index < -0.39 is 0 Å². The summed E-state index contributed by atoms with van der Waals surface area (Å²) in [5, 5.41) is 9.35. The summed E-state index contributed by atoms with van der Waals surface area (Å²) in [4.78, 5) is 14.3. The number of fused-ring (bicyclic) bond motifs is 3. The van der Waals surface area contributed by atoms with Gasteiger partial charge in [0, 0.05) is 37.3 Å². The van der Waals surface area contributed by atoms with E-state index in [0.717, 1.165) is 23.7 Å². The lowest BCUT2D eigenvalue weighted by atomic mass is 9.97. The molecule has 26 heavy (non-hydrogen) atoms. The fourth-order valence-corrected chi connectivity index (χ4v) is 5.52. The number of hydrogen-bond donors (Lipinski definition) is 1. The molecule has 4 heterocycles. The first-order valence-corrected chi connectivity index (χ1v) is 10.3. The zero-order chi connectivity index (χ0) is 17.5. The minimum atomic E-state index is 0.404. The van der Waals surface area contributed by atoms with Gasteiger partial charge in [0.15, 0.2) is 0 Å². The van der Waals surface area contributed by atoms with Crippen molar-refractivity contribution < 1.29 is 0 Å². The Morgan fingerprint density at radius 1 is 1.19 bits per heavy atom. The predicted octanol–water partition coefficient (Wildman–Crippen LogP) is 3.38. The lowest BCUT2D eigenvalue weighted by Crippen LogP contribution is -2.42. The molecule has 1 unspecified atom stereocenters. The highest BCUT2D eigenvalue weighted by Gasteiger charge is 2.24. The Morgan fingerprint density at radius 2 is 2.12 bits per heavy atom. The molecule has 1 aliphatic heterocycles. The van der Waals surface area contributed by atoms with Gasteiger partial charge in [-0.15, -0.1) is 11.3 Å². The second-order valence-electron chi connectivity index (χ2n) is 7.42. The van der Waals surface area contributed by atoms with E-state index in [4.69, 9.17) is 0 Å². The Balaban J connectivity index is 1.41. The molecule has 2 aliphatic rings. The summed E-state index contributed by atoms with van der Waals surface area (Å²) in [5.41, 5.74) is 2.71. The normalized spacial score (nSPS) is 20.3. The van der Waals surface area contributed by atoms with Crippen molar-refractivity contribution in [2.45, 2.75) is 44.6 Å². The van der Waals surface area contributed by atoms with Crippen molar-refractivity contribution in [1.82, 2.24) is 19.7 Å². The molecule has 3 aromatic rings. The molecular weight excluding hydrogens is 344 g/mol. The van der Waals surface area contributed by atoms with Crippen molar-refractivity contribution >= 4 is 33.1 Å². The Kier molecular flexibility index (Phi) is 4.04. The van der Waals surface area contributed by atoms with Crippen molar-refractivity contribution in [3.05, 3.63) is 29.2 Å². The molecule has 136 valence electrons. The van der Waals surface area contributed by atoms with Crippen molar-refractivity contribution in [3.63, 3.8) is 0 Å². The van der Waals surface area contributed by atoms with E-state index in [1.807, 2.05) is 29.3 Å². The molecule has 1 saturated heterocycles. The minimum Gasteiger partial charge on any atom is -0.367 e. The Bertz CT molecular complexity index is 929. The van der Waals surface area contributed by atoms with Gasteiger partial charge in [-0.05, 0) is 44.1 Å². The zero-order valence-electron chi connectivity index (χ0n) is 15.1. The van der Waals surface area contributed by atoms with Gasteiger partial charge in [-0.1, -0.05) is 0 Å². The first-order valence-electron chi connectivity index (χ1n) is 9.53. The minimum absolute atomic E-state index is 0.404. The van der Waals surface area contributed by atoms with E-state index in [2.05, 4.69) is 31.5 Å². The molecular formula is C19H24N6S. The van der Waals surface area contributed by atoms with Crippen LogP contribution >= 0.6 is 11.3 Å². The van der Waals surface area contributed by atoms with Crippen LogP contribution in [-0.4, -0.2) is 38.9 Å². The third-order valence-electron chi connectivity index (χ3n) is 5.57. The molecule has 0 aromatic carbocycles. The van der Waals surface area contributed by atoms with Crippen molar-refractivity contribution in [2.75, 3.05) is 23.3 Å². The summed E-state index contributed by atoms with van der Waals surface area (Å²) in [7, 11) is 1.97. The molecule has 1 aliphatic carbocycles. The number of rotatable bonds is 3. The molecule has 5 rings (SSSR count). The van der Waals surface area contributed by atoms with E-state index in [9.17, 15) is 0 Å². The second kappa shape index (κ2) is 6.54. The number of hydrogen-bond acceptors (Lipinski definition) is 6. The van der Waals surface area contributed by atoms with Crippen LogP contribution in [0.2, 0.25) is 0 Å². The number of piperidine rings is 1. The van der Waals surface area contributed by atoms with Gasteiger partial charge in [0.2, 0.25) is 0 Å². The first-order chi connectivity index (χ1) is 12.8. The molecule has 0 radical (unpaired) electrons. The standard InChI is InChI=1S/C19H24N6S/c1-24-11-14(9-22-24)25-8-4-5-13(10-25)23-18-17-15-6-2-3-7-16(15)26-19(17)21-12-20-18/h9,11-13H,2-8,10H2,1H3,(H,20,21,23). The van der Waals surface area contributed by atoms with Crippen LogP contribution in [0.15, 0.2) is 18.7 Å². The van der Waals surface area contributed by atoms with Crippen LogP contribution in [0.1, 0.15) is 36.1 Å². The Labute approximate surface area is 157 Å². The number of nitrogens with one attached hydrogen (secondary N) is 1. The molecule has 3 aromatic heterocycles. The molecule has 0 bridgehead atoms. The van der Waals surface area contributed by atoms with E-state index in [1.54, 1.807) is 6.33 Å². The average molecular weight is 369 g/mol. The molecule has 1 atom stereocenters. The lowest BCUT2D eigenvalue weighted by molar-refractivity contribution is 0.529. The zero-order valence-corrected chi connectivity index (χ0v) is 15.9. The summed E-state index contributed by atoms with van der Waals surface area (Å²) in [6.45, 7) is 2.08. The third-order valence-corrected chi connectivity index (χ3v) is 6.77. The summed E-state index contributed by atoms with van der Waals surface area (Å²) in [6.07, 6.45) is 13.1. The molecule has 1 fully saturated rings. The van der Waals surface area contributed by atoms with E-state index in [-0.39, 0.29) is 0 Å². The number of anilines is 2. The van der Waals surface area contributed by atoms with Crippen molar-refractivity contribution in [1.29, 1.82) is 0 Å². The molecule has 0 amide bonds. The SMILES string of the molecule is Cn1cc(N2CCCC(Nc3ncnc4sc5c(c34)CCCC5)C2)cn1. The fourth-order valence-electron chi connectivity index (χ4n) is 4.29. The van der Waals surface area contributed by atoms with Crippen LogP contribution < -0.4 is 10.2 Å². The number of nitrogens with zero attached hydrogens (tertiary/aromatic N) is 5. The third kappa shape index (κ3) is 2.84. The topological polar surface area (TPSA) is 58.9 Å². The smallest absolute Gasteiger partial charge is 0.138 e. The van der Waals surface area contributed by atoms with Gasteiger partial charge in [-0.2, -0.15) is 5.10 Å². The largest absolute Gasteiger partial charge is 0.367 e.